The van der Waals surface area contributed by atoms with Crippen LogP contribution < -0.4 is 20.1 Å². The summed E-state index contributed by atoms with van der Waals surface area (Å²) in [6, 6.07) is 12.4. The average molecular weight is 405 g/mol. The maximum Gasteiger partial charge on any atom is 0.257 e. The second kappa shape index (κ2) is 11.2. The molecule has 0 aliphatic rings. The van der Waals surface area contributed by atoms with E-state index in [-0.39, 0.29) is 18.4 Å². The van der Waals surface area contributed by atoms with E-state index in [9.17, 15) is 9.59 Å². The summed E-state index contributed by atoms with van der Waals surface area (Å²) in [6.07, 6.45) is 0.914. The van der Waals surface area contributed by atoms with Gasteiger partial charge in [-0.1, -0.05) is 17.7 Å². The maximum absolute atomic E-state index is 12.1. The lowest BCUT2D eigenvalue weighted by atomic mass is 10.2. The van der Waals surface area contributed by atoms with Crippen LogP contribution in [0.1, 0.15) is 25.3 Å². The first-order chi connectivity index (χ1) is 13.5. The molecule has 0 aliphatic heterocycles. The number of hydrogen-bond donors (Lipinski definition) is 2. The molecule has 6 nitrogen and oxygen atoms in total. The Morgan fingerprint density at radius 3 is 2.57 bits per heavy atom. The van der Waals surface area contributed by atoms with Crippen LogP contribution in [0, 0.1) is 6.92 Å². The monoisotopic (exact) mass is 404 g/mol. The smallest absolute Gasteiger partial charge is 0.257 e. The molecule has 2 N–H and O–H groups in total. The third kappa shape index (κ3) is 7.48. The van der Waals surface area contributed by atoms with Crippen molar-refractivity contribution in [1.29, 1.82) is 0 Å². The van der Waals surface area contributed by atoms with E-state index < -0.39 is 0 Å². The second-order valence-electron chi connectivity index (χ2n) is 6.18. The predicted molar refractivity (Wildman–Crippen MR) is 110 cm³/mol. The zero-order valence-electron chi connectivity index (χ0n) is 16.1. The molecule has 28 heavy (non-hydrogen) atoms. The van der Waals surface area contributed by atoms with Crippen molar-refractivity contribution in [2.45, 2.75) is 26.7 Å². The molecule has 7 heteroatoms. The summed E-state index contributed by atoms with van der Waals surface area (Å²) in [6.45, 7) is 4.68. The number of hydrogen-bond acceptors (Lipinski definition) is 4. The van der Waals surface area contributed by atoms with Crippen molar-refractivity contribution in [2.24, 2.45) is 0 Å². The quantitative estimate of drug-likeness (QED) is 0.587. The van der Waals surface area contributed by atoms with Gasteiger partial charge >= 0.3 is 0 Å². The lowest BCUT2D eigenvalue weighted by Gasteiger charge is -2.10. The molecule has 0 unspecified atom stereocenters. The number of anilines is 1. The fourth-order valence-corrected chi connectivity index (χ4v) is 2.53. The fraction of sp³-hybridized carbons (Fsp3) is 0.333. The summed E-state index contributed by atoms with van der Waals surface area (Å²) in [4.78, 5) is 23.5. The summed E-state index contributed by atoms with van der Waals surface area (Å²) in [5, 5.41) is 6.17. The van der Waals surface area contributed by atoms with Crippen LogP contribution in [-0.2, 0) is 9.59 Å². The summed E-state index contributed by atoms with van der Waals surface area (Å²) < 4.78 is 11.1. The SMILES string of the molecule is CCNC(=O)COc1cccc(NC(=O)CCCOc2ccc(Cl)c(C)c2)c1. The van der Waals surface area contributed by atoms with Crippen molar-refractivity contribution < 1.29 is 19.1 Å². The first kappa shape index (κ1) is 21.6. The number of carbonyl (C=O) groups is 2. The summed E-state index contributed by atoms with van der Waals surface area (Å²) >= 11 is 5.98. The van der Waals surface area contributed by atoms with Crippen molar-refractivity contribution in [1.82, 2.24) is 5.32 Å². The first-order valence-electron chi connectivity index (χ1n) is 9.16. The number of aryl methyl sites for hydroxylation is 1. The van der Waals surface area contributed by atoms with Gasteiger partial charge in [0, 0.05) is 29.7 Å². The Kier molecular flexibility index (Phi) is 8.62. The Hall–Kier alpha value is -2.73. The van der Waals surface area contributed by atoms with Gasteiger partial charge in [0.25, 0.3) is 5.91 Å². The third-order valence-corrected chi connectivity index (χ3v) is 4.23. The van der Waals surface area contributed by atoms with Gasteiger partial charge in [0.2, 0.25) is 5.91 Å². The number of amides is 2. The van der Waals surface area contributed by atoms with Gasteiger partial charge in [0.1, 0.15) is 11.5 Å². The lowest BCUT2D eigenvalue weighted by Crippen LogP contribution is -2.28. The number of halogens is 1. The van der Waals surface area contributed by atoms with Crippen LogP contribution >= 0.6 is 11.6 Å². The molecule has 0 atom stereocenters. The Labute approximate surface area is 170 Å². The Bertz CT molecular complexity index is 811. The van der Waals surface area contributed by atoms with E-state index in [4.69, 9.17) is 21.1 Å². The normalized spacial score (nSPS) is 10.2. The lowest BCUT2D eigenvalue weighted by molar-refractivity contribution is -0.123. The molecular formula is C21H25ClN2O4. The summed E-state index contributed by atoms with van der Waals surface area (Å²) in [5.41, 5.74) is 1.57. The van der Waals surface area contributed by atoms with Crippen LogP contribution in [-0.4, -0.2) is 31.6 Å². The number of rotatable bonds is 10. The first-order valence-corrected chi connectivity index (χ1v) is 9.54. The van der Waals surface area contributed by atoms with Crippen molar-refractivity contribution in [3.63, 3.8) is 0 Å². The van der Waals surface area contributed by atoms with Crippen LogP contribution in [0.15, 0.2) is 42.5 Å². The van der Waals surface area contributed by atoms with E-state index in [1.807, 2.05) is 26.0 Å². The molecule has 0 saturated heterocycles. The number of ether oxygens (including phenoxy) is 2. The predicted octanol–water partition coefficient (Wildman–Crippen LogP) is 3.96. The molecule has 0 saturated carbocycles. The van der Waals surface area contributed by atoms with Gasteiger partial charge in [-0.05, 0) is 56.2 Å². The molecule has 0 spiro atoms. The third-order valence-electron chi connectivity index (χ3n) is 3.81. The van der Waals surface area contributed by atoms with Crippen LogP contribution in [0.3, 0.4) is 0 Å². The molecule has 0 radical (unpaired) electrons. The van der Waals surface area contributed by atoms with E-state index in [1.165, 1.54) is 0 Å². The highest BCUT2D eigenvalue weighted by molar-refractivity contribution is 6.31. The Morgan fingerprint density at radius 1 is 1.04 bits per heavy atom. The van der Waals surface area contributed by atoms with Crippen molar-refractivity contribution in [2.75, 3.05) is 25.1 Å². The molecule has 2 aromatic carbocycles. The van der Waals surface area contributed by atoms with Crippen molar-refractivity contribution in [3.05, 3.63) is 53.1 Å². The standard InChI is InChI=1S/C21H25ClN2O4/c1-3-23-21(26)14-28-17-7-4-6-16(13-17)24-20(25)8-5-11-27-18-9-10-19(22)15(2)12-18/h4,6-7,9-10,12-13H,3,5,8,11,14H2,1-2H3,(H,23,26)(H,24,25). The molecular weight excluding hydrogens is 380 g/mol. The molecule has 0 aromatic heterocycles. The number of likely N-dealkylation sites (N-methyl/N-ethyl adjacent to an activating group) is 1. The minimum Gasteiger partial charge on any atom is -0.494 e. The van der Waals surface area contributed by atoms with Crippen LogP contribution in [0.25, 0.3) is 0 Å². The van der Waals surface area contributed by atoms with E-state index in [1.54, 1.807) is 30.3 Å². The van der Waals surface area contributed by atoms with E-state index >= 15 is 0 Å². The topological polar surface area (TPSA) is 76.7 Å². The van der Waals surface area contributed by atoms with Gasteiger partial charge in [0.05, 0.1) is 6.61 Å². The number of benzene rings is 2. The van der Waals surface area contributed by atoms with Crippen molar-refractivity contribution >= 4 is 29.1 Å². The largest absolute Gasteiger partial charge is 0.494 e. The molecule has 0 fully saturated rings. The van der Waals surface area contributed by atoms with Crippen LogP contribution in [0.5, 0.6) is 11.5 Å². The summed E-state index contributed by atoms with van der Waals surface area (Å²) in [7, 11) is 0. The van der Waals surface area contributed by atoms with E-state index in [2.05, 4.69) is 10.6 Å². The molecule has 0 heterocycles. The zero-order chi connectivity index (χ0) is 20.4. The highest BCUT2D eigenvalue weighted by Crippen LogP contribution is 2.21. The second-order valence-corrected chi connectivity index (χ2v) is 6.59. The van der Waals surface area contributed by atoms with E-state index in [0.29, 0.717) is 42.5 Å². The van der Waals surface area contributed by atoms with Crippen LogP contribution in [0.2, 0.25) is 5.02 Å². The molecule has 0 aliphatic carbocycles. The van der Waals surface area contributed by atoms with Crippen molar-refractivity contribution in [3.8, 4) is 11.5 Å². The average Bonchev–Trinajstić information content (AvgIpc) is 2.67. The van der Waals surface area contributed by atoms with Gasteiger partial charge in [-0.3, -0.25) is 9.59 Å². The number of nitrogens with one attached hydrogen (secondary N) is 2. The van der Waals surface area contributed by atoms with Gasteiger partial charge in [0.15, 0.2) is 6.61 Å². The molecule has 2 rings (SSSR count). The van der Waals surface area contributed by atoms with Gasteiger partial charge in [-0.25, -0.2) is 0 Å². The zero-order valence-corrected chi connectivity index (χ0v) is 16.8. The van der Waals surface area contributed by atoms with Gasteiger partial charge < -0.3 is 20.1 Å². The van der Waals surface area contributed by atoms with Gasteiger partial charge in [-0.2, -0.15) is 0 Å². The van der Waals surface area contributed by atoms with E-state index in [0.717, 1.165) is 11.3 Å². The van der Waals surface area contributed by atoms with Crippen LogP contribution in [0.4, 0.5) is 5.69 Å². The van der Waals surface area contributed by atoms with Gasteiger partial charge in [-0.15, -0.1) is 0 Å². The molecule has 2 amide bonds. The highest BCUT2D eigenvalue weighted by atomic mass is 35.5. The Balaban J connectivity index is 1.72. The molecule has 150 valence electrons. The molecule has 2 aromatic rings. The highest BCUT2D eigenvalue weighted by Gasteiger charge is 2.06. The molecule has 0 bridgehead atoms. The Morgan fingerprint density at radius 2 is 1.82 bits per heavy atom. The number of carbonyl (C=O) groups excluding carboxylic acids is 2. The minimum atomic E-state index is -0.187. The maximum atomic E-state index is 12.1. The summed E-state index contributed by atoms with van der Waals surface area (Å²) in [5.74, 6) is 0.953. The minimum absolute atomic E-state index is 0.0627. The fourth-order valence-electron chi connectivity index (χ4n) is 2.41.